The monoisotopic (exact) mass is 542 g/mol. The molecule has 37 heavy (non-hydrogen) atoms. The normalized spacial score (nSPS) is 23.8. The topological polar surface area (TPSA) is 130 Å². The molecule has 0 radical (unpaired) electrons. The second kappa shape index (κ2) is 9.58. The number of aromatic nitrogens is 3. The van der Waals surface area contributed by atoms with Crippen LogP contribution in [0.4, 0.5) is 4.39 Å². The molecule has 5 atom stereocenters. The summed E-state index contributed by atoms with van der Waals surface area (Å²) in [5.74, 6) is -0.529. The van der Waals surface area contributed by atoms with E-state index in [-0.39, 0.29) is 30.2 Å². The highest BCUT2D eigenvalue weighted by molar-refractivity contribution is 7.98. The van der Waals surface area contributed by atoms with E-state index in [2.05, 4.69) is 15.0 Å². The van der Waals surface area contributed by atoms with Crippen LogP contribution in [0.3, 0.4) is 0 Å². The number of hydrogen-bond acceptors (Lipinski definition) is 8. The second-order valence-electron chi connectivity index (χ2n) is 8.69. The molecule has 0 bridgehead atoms. The summed E-state index contributed by atoms with van der Waals surface area (Å²) in [5, 5.41) is 17.4. The van der Waals surface area contributed by atoms with Gasteiger partial charge < -0.3 is 24.3 Å². The zero-order chi connectivity index (χ0) is 25.7. The number of imidazole rings is 1. The van der Waals surface area contributed by atoms with Gasteiger partial charge in [0.15, 0.2) is 11.8 Å². The number of hydrogen-bond donors (Lipinski definition) is 3. The van der Waals surface area contributed by atoms with Crippen molar-refractivity contribution in [1.82, 2.24) is 15.0 Å². The lowest BCUT2D eigenvalue weighted by molar-refractivity contribution is 0.00706. The highest BCUT2D eigenvalue weighted by atomic mass is 35.5. The number of benzene rings is 2. The summed E-state index contributed by atoms with van der Waals surface area (Å²) in [5.41, 5.74) is 3.94. The van der Waals surface area contributed by atoms with Crippen LogP contribution in [0, 0.1) is 11.2 Å². The van der Waals surface area contributed by atoms with Gasteiger partial charge in [0, 0.05) is 16.0 Å². The van der Waals surface area contributed by atoms with Crippen molar-refractivity contribution in [1.29, 1.82) is 5.41 Å². The Balaban J connectivity index is 1.24. The van der Waals surface area contributed by atoms with Crippen LogP contribution < -0.4 is 4.74 Å². The Labute approximate surface area is 217 Å². The molecular weight excluding hydrogens is 523 g/mol. The van der Waals surface area contributed by atoms with Crippen LogP contribution in [0.2, 0.25) is 5.02 Å². The first-order chi connectivity index (χ1) is 17.9. The third-order valence-corrected chi connectivity index (χ3v) is 7.62. The summed E-state index contributed by atoms with van der Waals surface area (Å²) in [4.78, 5) is 12.3. The molecule has 2 aliphatic rings. The van der Waals surface area contributed by atoms with E-state index in [4.69, 9.17) is 31.2 Å². The summed E-state index contributed by atoms with van der Waals surface area (Å²) in [6.45, 7) is 0.483. The molecule has 0 aliphatic carbocycles. The van der Waals surface area contributed by atoms with Crippen molar-refractivity contribution >= 4 is 39.1 Å². The Kier molecular flexibility index (Phi) is 6.25. The number of pyridine rings is 1. The van der Waals surface area contributed by atoms with Gasteiger partial charge in [-0.2, -0.15) is 4.98 Å². The summed E-state index contributed by atoms with van der Waals surface area (Å²) >= 11 is 6.52. The number of nitrogens with one attached hydrogen (secondary N) is 2. The van der Waals surface area contributed by atoms with Crippen LogP contribution >= 0.6 is 11.6 Å². The number of ether oxygens (including phenoxy) is 3. The lowest BCUT2D eigenvalue weighted by Gasteiger charge is -2.15. The molecule has 0 amide bonds. The lowest BCUT2D eigenvalue weighted by atomic mass is 10.0. The van der Waals surface area contributed by atoms with E-state index < -0.39 is 34.9 Å². The SMILES string of the molecule is N=CS(=O)c1ccc(-c2ccc(-c3nc4nc(O[C@@H]5CO[C@H]6[C@@H]5OC[C@H]6O)[nH]c4cc3Cl)cc2)c(F)c1. The molecular formula is C25H20ClFN4O5S. The molecule has 2 aromatic heterocycles. The Morgan fingerprint density at radius 1 is 1.11 bits per heavy atom. The van der Waals surface area contributed by atoms with Crippen molar-refractivity contribution in [2.24, 2.45) is 0 Å². The highest BCUT2D eigenvalue weighted by Crippen LogP contribution is 2.33. The Morgan fingerprint density at radius 3 is 2.62 bits per heavy atom. The average molecular weight is 543 g/mol. The molecule has 1 unspecified atom stereocenters. The van der Waals surface area contributed by atoms with Crippen molar-refractivity contribution in [3.05, 3.63) is 59.4 Å². The number of aromatic amines is 1. The van der Waals surface area contributed by atoms with Gasteiger partial charge in [-0.3, -0.25) is 5.41 Å². The summed E-state index contributed by atoms with van der Waals surface area (Å²) in [7, 11) is -1.67. The maximum absolute atomic E-state index is 14.6. The van der Waals surface area contributed by atoms with E-state index in [0.717, 1.165) is 5.55 Å². The minimum atomic E-state index is -1.67. The van der Waals surface area contributed by atoms with Crippen molar-refractivity contribution < 1.29 is 27.9 Å². The molecule has 2 aliphatic heterocycles. The van der Waals surface area contributed by atoms with Crippen LogP contribution in [0.25, 0.3) is 33.5 Å². The maximum atomic E-state index is 14.6. The first-order valence-electron chi connectivity index (χ1n) is 11.4. The minimum absolute atomic E-state index is 0.207. The summed E-state index contributed by atoms with van der Waals surface area (Å²) in [6, 6.07) is 13.2. The molecule has 3 N–H and O–H groups in total. The first kappa shape index (κ1) is 24.1. The van der Waals surface area contributed by atoms with E-state index in [1.165, 1.54) is 12.1 Å². The van der Waals surface area contributed by atoms with Crippen LogP contribution in [0.15, 0.2) is 53.4 Å². The van der Waals surface area contributed by atoms with E-state index in [9.17, 15) is 13.7 Å². The van der Waals surface area contributed by atoms with Crippen LogP contribution in [-0.4, -0.2) is 67.4 Å². The molecule has 4 heterocycles. The fourth-order valence-corrected chi connectivity index (χ4v) is 5.39. The Bertz CT molecular complexity index is 1530. The predicted molar refractivity (Wildman–Crippen MR) is 135 cm³/mol. The number of nitrogens with zero attached hydrogens (tertiary/aromatic N) is 2. The van der Waals surface area contributed by atoms with Gasteiger partial charge in [0.25, 0.3) is 6.01 Å². The quantitative estimate of drug-likeness (QED) is 0.250. The smallest absolute Gasteiger partial charge is 0.296 e. The van der Waals surface area contributed by atoms with Crippen molar-refractivity contribution in [2.75, 3.05) is 13.2 Å². The first-order valence-corrected chi connectivity index (χ1v) is 13.0. The predicted octanol–water partition coefficient (Wildman–Crippen LogP) is 3.70. The van der Waals surface area contributed by atoms with Gasteiger partial charge in [-0.15, -0.1) is 0 Å². The number of H-pyrrole nitrogens is 1. The molecule has 4 aromatic rings. The standard InChI is InChI=1S/C25H20ClFN4O5S/c26-16-8-18-24(31-25(29-18)36-20-10-35-22-19(32)9-34-23(20)22)30-21(16)13-3-1-12(2-4-13)15-6-5-14(7-17(15)27)37(33)11-28/h1-8,11,19-20,22-23,28,32H,9-10H2,(H,29,30,31)/t19-,20-,22-,23-,37?/m1/s1. The Morgan fingerprint density at radius 2 is 1.86 bits per heavy atom. The number of aliphatic hydroxyl groups is 1. The number of fused-ring (bicyclic) bond motifs is 2. The highest BCUT2D eigenvalue weighted by Gasteiger charge is 2.48. The second-order valence-corrected chi connectivity index (χ2v) is 10.4. The van der Waals surface area contributed by atoms with Crippen LogP contribution in [-0.2, 0) is 20.3 Å². The number of halogens is 2. The molecule has 12 heteroatoms. The molecule has 0 spiro atoms. The molecule has 2 fully saturated rings. The molecule has 0 saturated carbocycles. The van der Waals surface area contributed by atoms with E-state index in [1.807, 2.05) is 0 Å². The van der Waals surface area contributed by atoms with Gasteiger partial charge in [0.1, 0.15) is 24.1 Å². The van der Waals surface area contributed by atoms with E-state index in [0.29, 0.717) is 38.6 Å². The maximum Gasteiger partial charge on any atom is 0.296 e. The van der Waals surface area contributed by atoms with Gasteiger partial charge >= 0.3 is 0 Å². The molecule has 6 rings (SSSR count). The third kappa shape index (κ3) is 4.42. The third-order valence-electron chi connectivity index (χ3n) is 6.40. The minimum Gasteiger partial charge on any atom is -0.456 e. The number of rotatable bonds is 6. The van der Waals surface area contributed by atoms with Gasteiger partial charge in [0.2, 0.25) is 0 Å². The zero-order valence-electron chi connectivity index (χ0n) is 19.1. The molecule has 9 nitrogen and oxygen atoms in total. The van der Waals surface area contributed by atoms with Crippen molar-refractivity contribution in [3.8, 4) is 28.4 Å². The largest absolute Gasteiger partial charge is 0.456 e. The van der Waals surface area contributed by atoms with Gasteiger partial charge in [-0.25, -0.2) is 13.6 Å². The van der Waals surface area contributed by atoms with Gasteiger partial charge in [-0.05, 0) is 23.8 Å². The summed E-state index contributed by atoms with van der Waals surface area (Å²) < 4.78 is 43.5. The number of aliphatic hydroxyl groups excluding tert-OH is 1. The molecule has 190 valence electrons. The van der Waals surface area contributed by atoms with E-state index >= 15 is 0 Å². The van der Waals surface area contributed by atoms with Crippen molar-refractivity contribution in [2.45, 2.75) is 29.3 Å². The fourth-order valence-electron chi connectivity index (χ4n) is 4.57. The molecule has 2 aromatic carbocycles. The summed E-state index contributed by atoms with van der Waals surface area (Å²) in [6.07, 6.45) is -1.86. The Hall–Kier alpha value is -3.22. The van der Waals surface area contributed by atoms with Crippen LogP contribution in [0.5, 0.6) is 6.01 Å². The van der Waals surface area contributed by atoms with E-state index in [1.54, 1.807) is 36.4 Å². The molecule has 2 saturated heterocycles. The van der Waals surface area contributed by atoms with Gasteiger partial charge in [-0.1, -0.05) is 41.9 Å². The zero-order valence-corrected chi connectivity index (χ0v) is 20.6. The van der Waals surface area contributed by atoms with Crippen molar-refractivity contribution in [3.63, 3.8) is 0 Å². The fraction of sp³-hybridized carbons (Fsp3) is 0.240. The lowest BCUT2D eigenvalue weighted by Crippen LogP contribution is -2.34. The average Bonchev–Trinajstić information content (AvgIpc) is 3.59. The van der Waals surface area contributed by atoms with Crippen LogP contribution in [0.1, 0.15) is 0 Å². The van der Waals surface area contributed by atoms with Gasteiger partial charge in [0.05, 0.1) is 45.8 Å².